The van der Waals surface area contributed by atoms with Crippen molar-refractivity contribution in [3.63, 3.8) is 0 Å². The average Bonchev–Trinajstić information content (AvgIpc) is 2.68. The van der Waals surface area contributed by atoms with Gasteiger partial charge in [0.2, 0.25) is 5.91 Å². The van der Waals surface area contributed by atoms with E-state index in [1.165, 1.54) is 89.9 Å². The fourth-order valence-corrected chi connectivity index (χ4v) is 3.34. The molecular weight excluding hydrogens is 346 g/mol. The van der Waals surface area contributed by atoms with Gasteiger partial charge in [0.25, 0.3) is 0 Å². The summed E-state index contributed by atoms with van der Waals surface area (Å²) in [5.74, 6) is 0.0774. The molecule has 0 rings (SSSR count). The normalized spacial score (nSPS) is 11.8. The molecule has 0 aliphatic heterocycles. The van der Waals surface area contributed by atoms with Gasteiger partial charge in [0.15, 0.2) is 0 Å². The summed E-state index contributed by atoms with van der Waals surface area (Å²) >= 11 is 0. The molecule has 0 saturated heterocycles. The fraction of sp³-hybridized carbons (Fsp3) is 0.880. The molecule has 3 nitrogen and oxygen atoms in total. The van der Waals surface area contributed by atoms with E-state index in [0.29, 0.717) is 6.61 Å². The second kappa shape index (κ2) is 20.9. The van der Waals surface area contributed by atoms with Crippen molar-refractivity contribution in [2.75, 3.05) is 27.3 Å². The summed E-state index contributed by atoms with van der Waals surface area (Å²) in [6.45, 7) is 5.96. The van der Waals surface area contributed by atoms with E-state index in [0.717, 1.165) is 25.0 Å². The lowest BCUT2D eigenvalue weighted by atomic mass is 10.0. The van der Waals surface area contributed by atoms with Crippen molar-refractivity contribution in [2.24, 2.45) is 0 Å². The third-order valence-electron chi connectivity index (χ3n) is 5.30. The van der Waals surface area contributed by atoms with Gasteiger partial charge in [0, 0.05) is 26.8 Å². The number of rotatable bonds is 20. The minimum Gasteiger partial charge on any atom is -0.377 e. The molecule has 0 aromatic rings. The second-order valence-corrected chi connectivity index (χ2v) is 8.43. The Hall–Kier alpha value is -0.830. The lowest BCUT2D eigenvalue weighted by molar-refractivity contribution is -0.123. The summed E-state index contributed by atoms with van der Waals surface area (Å²) in [7, 11) is 3.62. The highest BCUT2D eigenvalue weighted by molar-refractivity contribution is 5.87. The van der Waals surface area contributed by atoms with E-state index in [1.807, 2.05) is 14.1 Å². The van der Waals surface area contributed by atoms with Gasteiger partial charge in [-0.3, -0.25) is 4.79 Å². The van der Waals surface area contributed by atoms with Gasteiger partial charge in [-0.05, 0) is 24.8 Å². The molecule has 0 fully saturated rings. The van der Waals surface area contributed by atoms with Gasteiger partial charge in [-0.15, -0.1) is 0 Å². The van der Waals surface area contributed by atoms with E-state index in [2.05, 4.69) is 13.8 Å². The molecule has 1 amide bonds. The number of amides is 1. The Kier molecular flexibility index (Phi) is 20.3. The number of nitrogens with zero attached hydrogens (tertiary/aromatic N) is 1. The van der Waals surface area contributed by atoms with Crippen LogP contribution in [0.3, 0.4) is 0 Å². The molecule has 0 aromatic carbocycles. The maximum absolute atomic E-state index is 12.0. The Morgan fingerprint density at radius 2 is 1.18 bits per heavy atom. The molecule has 0 heterocycles. The van der Waals surface area contributed by atoms with Crippen LogP contribution < -0.4 is 0 Å². The zero-order valence-corrected chi connectivity index (χ0v) is 19.6. The Balaban J connectivity index is 3.92. The second-order valence-electron chi connectivity index (χ2n) is 8.43. The van der Waals surface area contributed by atoms with E-state index in [1.54, 1.807) is 11.0 Å². The van der Waals surface area contributed by atoms with E-state index in [-0.39, 0.29) is 5.91 Å². The van der Waals surface area contributed by atoms with Crippen molar-refractivity contribution in [2.45, 2.75) is 117 Å². The van der Waals surface area contributed by atoms with Crippen LogP contribution in [0.4, 0.5) is 0 Å². The number of carbonyl (C=O) groups is 1. The molecule has 0 aromatic heterocycles. The van der Waals surface area contributed by atoms with Crippen molar-refractivity contribution in [3.8, 4) is 0 Å². The van der Waals surface area contributed by atoms with Crippen LogP contribution in [0.15, 0.2) is 11.6 Å². The van der Waals surface area contributed by atoms with E-state index < -0.39 is 0 Å². The molecular formula is C25H49NO2. The molecule has 0 N–H and O–H groups in total. The van der Waals surface area contributed by atoms with Crippen molar-refractivity contribution in [1.82, 2.24) is 4.90 Å². The molecule has 0 radical (unpaired) electrons. The first kappa shape index (κ1) is 27.2. The van der Waals surface area contributed by atoms with Gasteiger partial charge >= 0.3 is 0 Å². The minimum atomic E-state index is 0.0774. The number of hydrogen-bond donors (Lipinski definition) is 0. The lowest BCUT2D eigenvalue weighted by Crippen LogP contribution is -2.20. The first-order valence-electron chi connectivity index (χ1n) is 12.1. The minimum absolute atomic E-state index is 0.0774. The maximum atomic E-state index is 12.0. The van der Waals surface area contributed by atoms with Crippen LogP contribution in [0.25, 0.3) is 0 Å². The van der Waals surface area contributed by atoms with Crippen molar-refractivity contribution in [3.05, 3.63) is 11.6 Å². The van der Waals surface area contributed by atoms with Gasteiger partial charge in [0.05, 0.1) is 6.61 Å². The predicted molar refractivity (Wildman–Crippen MR) is 123 cm³/mol. The number of hydrogen-bond acceptors (Lipinski definition) is 2. The Morgan fingerprint density at radius 3 is 1.68 bits per heavy atom. The molecule has 3 heteroatoms. The quantitative estimate of drug-likeness (QED) is 0.160. The highest BCUT2D eigenvalue weighted by Gasteiger charge is 2.05. The van der Waals surface area contributed by atoms with Crippen LogP contribution in [0.2, 0.25) is 0 Å². The summed E-state index contributed by atoms with van der Waals surface area (Å²) in [4.78, 5) is 13.7. The molecule has 0 aliphatic rings. The lowest BCUT2D eigenvalue weighted by Gasteiger charge is -2.12. The highest BCUT2D eigenvalue weighted by atomic mass is 16.5. The van der Waals surface area contributed by atoms with Gasteiger partial charge < -0.3 is 9.64 Å². The monoisotopic (exact) mass is 395 g/mol. The van der Waals surface area contributed by atoms with E-state index in [4.69, 9.17) is 4.74 Å². The van der Waals surface area contributed by atoms with Gasteiger partial charge in [0.1, 0.15) is 0 Å². The van der Waals surface area contributed by atoms with Crippen LogP contribution in [0.1, 0.15) is 117 Å². The summed E-state index contributed by atoms with van der Waals surface area (Å²) in [6.07, 6.45) is 22.4. The van der Waals surface area contributed by atoms with Crippen LogP contribution in [0.5, 0.6) is 0 Å². The van der Waals surface area contributed by atoms with Crippen molar-refractivity contribution in [1.29, 1.82) is 0 Å². The molecule has 0 saturated carbocycles. The summed E-state index contributed by atoms with van der Waals surface area (Å²) in [5.41, 5.74) is 1.16. The Labute approximate surface area is 176 Å². The molecule has 0 atom stereocenters. The van der Waals surface area contributed by atoms with Crippen LogP contribution in [-0.4, -0.2) is 38.1 Å². The van der Waals surface area contributed by atoms with E-state index in [9.17, 15) is 4.79 Å². The van der Waals surface area contributed by atoms with Crippen LogP contribution in [0, 0.1) is 0 Å². The van der Waals surface area contributed by atoms with E-state index >= 15 is 0 Å². The van der Waals surface area contributed by atoms with Crippen molar-refractivity contribution >= 4 is 5.91 Å². The molecule has 0 aliphatic carbocycles. The molecule has 0 bridgehead atoms. The van der Waals surface area contributed by atoms with Gasteiger partial charge in [-0.2, -0.15) is 0 Å². The van der Waals surface area contributed by atoms with Crippen LogP contribution >= 0.6 is 0 Å². The first-order valence-corrected chi connectivity index (χ1v) is 12.1. The predicted octanol–water partition coefficient (Wildman–Crippen LogP) is 7.30. The molecule has 28 heavy (non-hydrogen) atoms. The highest BCUT2D eigenvalue weighted by Crippen LogP contribution is 2.14. The third kappa shape index (κ3) is 18.5. The summed E-state index contributed by atoms with van der Waals surface area (Å²) in [5, 5.41) is 0. The smallest absolute Gasteiger partial charge is 0.246 e. The first-order chi connectivity index (χ1) is 13.6. The SMILES string of the molecule is CCCCCCCCCCOC/C(=C/C(=O)N(C)C)CCCCCCCCC. The number of carbonyl (C=O) groups excluding carboxylic acids is 1. The van der Waals surface area contributed by atoms with Gasteiger partial charge in [-0.25, -0.2) is 0 Å². The molecule has 0 spiro atoms. The van der Waals surface area contributed by atoms with Crippen molar-refractivity contribution < 1.29 is 9.53 Å². The summed E-state index contributed by atoms with van der Waals surface area (Å²) < 4.78 is 5.89. The maximum Gasteiger partial charge on any atom is 0.246 e. The zero-order chi connectivity index (χ0) is 20.9. The fourth-order valence-electron chi connectivity index (χ4n) is 3.34. The molecule has 166 valence electrons. The average molecular weight is 396 g/mol. The standard InChI is InChI=1S/C25H49NO2/c1-5-7-9-11-13-15-17-19-21-28-23-24(22-25(27)26(3)4)20-18-16-14-12-10-8-6-2/h22H,5-21,23H2,1-4H3/b24-22+. The Morgan fingerprint density at radius 1 is 0.714 bits per heavy atom. The van der Waals surface area contributed by atoms with Crippen LogP contribution in [-0.2, 0) is 9.53 Å². The number of unbranched alkanes of at least 4 members (excludes halogenated alkanes) is 13. The Bertz CT molecular complexity index is 377. The van der Waals surface area contributed by atoms with Gasteiger partial charge in [-0.1, -0.05) is 97.3 Å². The number of ether oxygens (including phenoxy) is 1. The zero-order valence-electron chi connectivity index (χ0n) is 19.6. The molecule has 0 unspecified atom stereocenters. The summed E-state index contributed by atoms with van der Waals surface area (Å²) in [6, 6.07) is 0. The largest absolute Gasteiger partial charge is 0.377 e. The topological polar surface area (TPSA) is 29.5 Å². The number of likely N-dealkylation sites (N-methyl/N-ethyl adjacent to an activating group) is 1. The third-order valence-corrected chi connectivity index (χ3v) is 5.30.